The molecule has 1 fully saturated rings. The van der Waals surface area contributed by atoms with Gasteiger partial charge in [-0.15, -0.1) is 15.7 Å². The summed E-state index contributed by atoms with van der Waals surface area (Å²) >= 11 is 1.03. The highest BCUT2D eigenvalue weighted by molar-refractivity contribution is 7.91. The van der Waals surface area contributed by atoms with Crippen LogP contribution in [0, 0.1) is 11.7 Å². The van der Waals surface area contributed by atoms with Crippen LogP contribution in [0.1, 0.15) is 30.4 Å². The Labute approximate surface area is 211 Å². The van der Waals surface area contributed by atoms with Gasteiger partial charge in [-0.05, 0) is 35.9 Å². The summed E-state index contributed by atoms with van der Waals surface area (Å²) < 4.78 is 68.6. The molecular weight excluding hydrogens is 531 g/mol. The Morgan fingerprint density at radius 3 is 2.69 bits per heavy atom. The predicted octanol–water partition coefficient (Wildman–Crippen LogP) is 2.47. The maximum atomic E-state index is 13.6. The summed E-state index contributed by atoms with van der Waals surface area (Å²) in [6.07, 6.45) is 3.05. The second-order valence-corrected chi connectivity index (χ2v) is 13.2. The lowest BCUT2D eigenvalue weighted by Gasteiger charge is -2.38. The molecule has 0 bridgehead atoms. The average molecular weight is 555 g/mol. The number of aliphatic hydroxyl groups is 1. The van der Waals surface area contributed by atoms with Crippen molar-refractivity contribution < 1.29 is 31.1 Å². The zero-order valence-corrected chi connectivity index (χ0v) is 21.5. The number of amidine groups is 1. The van der Waals surface area contributed by atoms with Gasteiger partial charge in [0.2, 0.25) is 10.0 Å². The van der Waals surface area contributed by atoms with Crippen molar-refractivity contribution in [3.63, 3.8) is 0 Å². The molecule has 36 heavy (non-hydrogen) atoms. The fraction of sp³-hybridized carbons (Fsp3) is 0.364. The molecule has 3 N–H and O–H groups in total. The zero-order valence-electron chi connectivity index (χ0n) is 19.1. The van der Waals surface area contributed by atoms with Gasteiger partial charge in [0.1, 0.15) is 27.0 Å². The van der Waals surface area contributed by atoms with E-state index in [-0.39, 0.29) is 57.7 Å². The van der Waals surface area contributed by atoms with Crippen molar-refractivity contribution in [1.82, 2.24) is 9.62 Å². The number of halogens is 1. The van der Waals surface area contributed by atoms with Crippen LogP contribution in [0.5, 0.6) is 0 Å². The summed E-state index contributed by atoms with van der Waals surface area (Å²) in [5.41, 5.74) is 0.710. The molecule has 0 spiro atoms. The van der Waals surface area contributed by atoms with Crippen LogP contribution in [-0.2, 0) is 37.9 Å². The Balaban J connectivity index is 1.51. The van der Waals surface area contributed by atoms with Gasteiger partial charge >= 0.3 is 0 Å². The van der Waals surface area contributed by atoms with Crippen LogP contribution in [0.25, 0.3) is 0 Å². The van der Waals surface area contributed by atoms with Gasteiger partial charge in [0.15, 0.2) is 5.84 Å². The monoisotopic (exact) mass is 554 g/mol. The number of aliphatic hydroxyl groups excluding tert-OH is 1. The number of nitrogens with one attached hydrogen (secondary N) is 2. The zero-order chi connectivity index (χ0) is 25.8. The summed E-state index contributed by atoms with van der Waals surface area (Å²) in [5.74, 6) is -1.81. The second kappa shape index (κ2) is 8.94. The number of hydrogen-bond acceptors (Lipinski definition) is 8. The van der Waals surface area contributed by atoms with Gasteiger partial charge in [0.25, 0.3) is 15.9 Å². The van der Waals surface area contributed by atoms with Crippen LogP contribution < -0.4 is 10.0 Å². The lowest BCUT2D eigenvalue weighted by molar-refractivity contribution is -0.132. The van der Waals surface area contributed by atoms with E-state index < -0.39 is 31.8 Å². The van der Waals surface area contributed by atoms with Gasteiger partial charge in [0, 0.05) is 30.6 Å². The number of anilines is 1. The number of rotatable bonds is 6. The van der Waals surface area contributed by atoms with Crippen LogP contribution in [0.2, 0.25) is 0 Å². The molecule has 2 atom stereocenters. The Kier molecular flexibility index (Phi) is 6.17. The molecule has 0 radical (unpaired) electrons. The van der Waals surface area contributed by atoms with Crippen molar-refractivity contribution >= 4 is 48.1 Å². The Bertz CT molecular complexity index is 1510. The van der Waals surface area contributed by atoms with E-state index in [4.69, 9.17) is 0 Å². The fourth-order valence-electron chi connectivity index (χ4n) is 4.91. The van der Waals surface area contributed by atoms with Crippen molar-refractivity contribution in [2.24, 2.45) is 10.3 Å². The fourth-order valence-corrected chi connectivity index (χ4v) is 7.93. The Morgan fingerprint density at radius 1 is 1.28 bits per heavy atom. The molecule has 1 aromatic heterocycles. The number of fused-ring (bicyclic) bond motifs is 2. The van der Waals surface area contributed by atoms with E-state index in [1.807, 2.05) is 0 Å². The summed E-state index contributed by atoms with van der Waals surface area (Å²) in [4.78, 5) is 15.1. The van der Waals surface area contributed by atoms with E-state index in [9.17, 15) is 31.1 Å². The van der Waals surface area contributed by atoms with Crippen LogP contribution in [0.15, 0.2) is 50.3 Å². The molecule has 1 amide bonds. The quantitative estimate of drug-likeness (QED) is 0.497. The average Bonchev–Trinajstić information content (AvgIpc) is 3.44. The van der Waals surface area contributed by atoms with Crippen LogP contribution in [0.3, 0.4) is 0 Å². The first-order valence-electron chi connectivity index (χ1n) is 11.1. The molecular formula is C22H23FN4O6S3. The molecule has 2 aromatic rings. The first kappa shape index (κ1) is 24.9. The first-order valence-corrected chi connectivity index (χ1v) is 15.3. The van der Waals surface area contributed by atoms with Crippen molar-refractivity contribution in [1.29, 1.82) is 0 Å². The highest BCUT2D eigenvalue weighted by Crippen LogP contribution is 2.43. The first-order chi connectivity index (χ1) is 16.9. The summed E-state index contributed by atoms with van der Waals surface area (Å²) in [7, 11) is -7.86. The largest absolute Gasteiger partial charge is 0.511 e. The molecule has 14 heteroatoms. The predicted molar refractivity (Wildman–Crippen MR) is 132 cm³/mol. The number of sulfonamides is 2. The SMILES string of the molecule is CS(=O)(=O)NCc1csc2c1S(=O)(=O)N=C(C1=C(O)[C@@H]3CCC[C@@H]3N(Cc3ccc(F)cc3)C1=O)N2. The molecule has 5 rings (SSSR count). The van der Waals surface area contributed by atoms with E-state index in [2.05, 4.69) is 14.4 Å². The van der Waals surface area contributed by atoms with E-state index in [0.29, 0.717) is 18.4 Å². The molecule has 3 heterocycles. The van der Waals surface area contributed by atoms with E-state index in [0.717, 1.165) is 24.0 Å². The minimum absolute atomic E-state index is 0.169. The third kappa shape index (κ3) is 4.53. The topological polar surface area (TPSA) is 145 Å². The summed E-state index contributed by atoms with van der Waals surface area (Å²) in [6, 6.07) is 5.50. The molecule has 0 unspecified atom stereocenters. The number of amides is 1. The normalized spacial score (nSPS) is 23.2. The molecule has 1 saturated carbocycles. The van der Waals surface area contributed by atoms with E-state index in [1.165, 1.54) is 17.5 Å². The molecule has 10 nitrogen and oxygen atoms in total. The molecule has 192 valence electrons. The minimum Gasteiger partial charge on any atom is -0.511 e. The number of carbonyl (C=O) groups is 1. The molecule has 3 aliphatic rings. The minimum atomic E-state index is -4.30. The summed E-state index contributed by atoms with van der Waals surface area (Å²) in [5, 5.41) is 15.6. The number of thiophene rings is 1. The Hall–Kier alpha value is -2.81. The van der Waals surface area contributed by atoms with Gasteiger partial charge < -0.3 is 15.3 Å². The number of nitrogens with zero attached hydrogens (tertiary/aromatic N) is 2. The van der Waals surface area contributed by atoms with Crippen LogP contribution >= 0.6 is 11.3 Å². The van der Waals surface area contributed by atoms with Gasteiger partial charge in [-0.25, -0.2) is 17.5 Å². The van der Waals surface area contributed by atoms with E-state index in [1.54, 1.807) is 17.0 Å². The molecule has 1 aromatic carbocycles. The van der Waals surface area contributed by atoms with Gasteiger partial charge in [0.05, 0.1) is 6.26 Å². The molecule has 2 aliphatic heterocycles. The van der Waals surface area contributed by atoms with Crippen molar-refractivity contribution in [3.05, 3.63) is 57.9 Å². The second-order valence-electron chi connectivity index (χ2n) is 8.98. The third-order valence-corrected chi connectivity index (χ3v) is 9.66. The van der Waals surface area contributed by atoms with E-state index >= 15 is 0 Å². The molecule has 1 aliphatic carbocycles. The summed E-state index contributed by atoms with van der Waals surface area (Å²) in [6.45, 7) is -0.0683. The highest BCUT2D eigenvalue weighted by Gasteiger charge is 2.47. The maximum Gasteiger partial charge on any atom is 0.287 e. The van der Waals surface area contributed by atoms with Crippen molar-refractivity contribution in [2.45, 2.75) is 43.3 Å². The third-order valence-electron chi connectivity index (χ3n) is 6.51. The van der Waals surface area contributed by atoms with Crippen LogP contribution in [0.4, 0.5) is 9.39 Å². The van der Waals surface area contributed by atoms with Gasteiger partial charge in [-0.3, -0.25) is 4.79 Å². The lowest BCUT2D eigenvalue weighted by Crippen LogP contribution is -2.49. The number of hydrogen-bond donors (Lipinski definition) is 3. The maximum absolute atomic E-state index is 13.6. The van der Waals surface area contributed by atoms with Crippen molar-refractivity contribution in [2.75, 3.05) is 11.6 Å². The number of benzene rings is 1. The number of carbonyl (C=O) groups excluding carboxylic acids is 1. The smallest absolute Gasteiger partial charge is 0.287 e. The molecule has 0 saturated heterocycles. The van der Waals surface area contributed by atoms with Crippen LogP contribution in [-0.4, -0.2) is 50.9 Å². The highest BCUT2D eigenvalue weighted by atomic mass is 32.2. The lowest BCUT2D eigenvalue weighted by atomic mass is 9.90. The van der Waals surface area contributed by atoms with Crippen molar-refractivity contribution in [3.8, 4) is 0 Å². The standard InChI is InChI=1S/C22H23FN4O6S3/c1-35(30,31)24-9-13-11-34-21-19(13)36(32,33)26-20(25-21)17-18(28)15-3-2-4-16(15)27(22(17)29)10-12-5-7-14(23)8-6-12/h5-8,11,15-16,24,28H,2-4,9-10H2,1H3,(H,25,26)/t15-,16+/m1/s1. The van der Waals surface area contributed by atoms with Gasteiger partial charge in [-0.1, -0.05) is 18.6 Å². The Morgan fingerprint density at radius 2 is 2.00 bits per heavy atom. The van der Waals surface area contributed by atoms with Gasteiger partial charge in [-0.2, -0.15) is 8.42 Å².